The molecule has 1 amide bonds. The number of rotatable bonds is 8. The number of hydrogen-bond acceptors (Lipinski definition) is 3. The van der Waals surface area contributed by atoms with E-state index in [1.165, 1.54) is 11.8 Å². The van der Waals surface area contributed by atoms with E-state index >= 15 is 0 Å². The van der Waals surface area contributed by atoms with Gasteiger partial charge in [0.05, 0.1) is 5.75 Å². The van der Waals surface area contributed by atoms with Gasteiger partial charge in [-0.25, -0.2) is 0 Å². The minimum atomic E-state index is -0.814. The summed E-state index contributed by atoms with van der Waals surface area (Å²) in [6.07, 6.45) is 1.70. The third-order valence-corrected chi connectivity index (χ3v) is 3.07. The SMILES string of the molecule is CCC(CC)C(=O)NCCSCC(=O)O. The molecule has 0 atom stereocenters. The van der Waals surface area contributed by atoms with Crippen LogP contribution in [0.1, 0.15) is 26.7 Å². The highest BCUT2D eigenvalue weighted by Crippen LogP contribution is 2.07. The molecule has 0 radical (unpaired) electrons. The molecule has 0 aromatic carbocycles. The van der Waals surface area contributed by atoms with Crippen molar-refractivity contribution in [1.82, 2.24) is 5.32 Å². The minimum absolute atomic E-state index is 0.0796. The molecule has 0 saturated heterocycles. The van der Waals surface area contributed by atoms with Crippen LogP contribution in [0, 0.1) is 5.92 Å². The van der Waals surface area contributed by atoms with Crippen LogP contribution in [0.3, 0.4) is 0 Å². The van der Waals surface area contributed by atoms with Crippen molar-refractivity contribution in [3.63, 3.8) is 0 Å². The normalized spacial score (nSPS) is 10.3. The Kier molecular flexibility index (Phi) is 8.18. The number of carboxylic acid groups (broad SMARTS) is 1. The number of hydrogen-bond donors (Lipinski definition) is 2. The van der Waals surface area contributed by atoms with Gasteiger partial charge in [-0.3, -0.25) is 9.59 Å². The van der Waals surface area contributed by atoms with Gasteiger partial charge in [0.15, 0.2) is 0 Å². The molecular weight excluding hydrogens is 214 g/mol. The fourth-order valence-electron chi connectivity index (χ4n) is 1.21. The van der Waals surface area contributed by atoms with Gasteiger partial charge in [-0.1, -0.05) is 13.8 Å². The largest absolute Gasteiger partial charge is 0.481 e. The van der Waals surface area contributed by atoms with E-state index in [0.717, 1.165) is 12.8 Å². The summed E-state index contributed by atoms with van der Waals surface area (Å²) < 4.78 is 0. The lowest BCUT2D eigenvalue weighted by molar-refractivity contribution is -0.134. The maximum Gasteiger partial charge on any atom is 0.313 e. The van der Waals surface area contributed by atoms with E-state index in [2.05, 4.69) is 5.32 Å². The van der Waals surface area contributed by atoms with Gasteiger partial charge in [-0.15, -0.1) is 11.8 Å². The first-order valence-corrected chi connectivity index (χ1v) is 6.34. The quantitative estimate of drug-likeness (QED) is 0.621. The summed E-state index contributed by atoms with van der Waals surface area (Å²) in [5.74, 6) is 0.107. The molecule has 0 heterocycles. The van der Waals surface area contributed by atoms with Gasteiger partial charge in [-0.2, -0.15) is 0 Å². The highest BCUT2D eigenvalue weighted by Gasteiger charge is 2.12. The summed E-state index contributed by atoms with van der Waals surface area (Å²) in [4.78, 5) is 21.7. The third-order valence-electron chi connectivity index (χ3n) is 2.13. The smallest absolute Gasteiger partial charge is 0.313 e. The number of nitrogens with one attached hydrogen (secondary N) is 1. The van der Waals surface area contributed by atoms with Gasteiger partial charge < -0.3 is 10.4 Å². The Morgan fingerprint density at radius 2 is 1.93 bits per heavy atom. The lowest BCUT2D eigenvalue weighted by Gasteiger charge is -2.12. The number of carbonyl (C=O) groups is 2. The zero-order valence-electron chi connectivity index (χ0n) is 9.28. The molecule has 0 spiro atoms. The summed E-state index contributed by atoms with van der Waals surface area (Å²) in [7, 11) is 0. The molecule has 5 heteroatoms. The second-order valence-corrected chi connectivity index (χ2v) is 4.36. The maximum atomic E-state index is 11.5. The van der Waals surface area contributed by atoms with Gasteiger partial charge in [0.2, 0.25) is 5.91 Å². The monoisotopic (exact) mass is 233 g/mol. The molecule has 4 nitrogen and oxygen atoms in total. The van der Waals surface area contributed by atoms with Crippen LogP contribution in [-0.2, 0) is 9.59 Å². The Hall–Kier alpha value is -0.710. The summed E-state index contributed by atoms with van der Waals surface area (Å²) in [6.45, 7) is 4.53. The second-order valence-electron chi connectivity index (χ2n) is 3.25. The predicted octanol–water partition coefficient (Wildman–Crippen LogP) is 1.36. The molecule has 0 saturated carbocycles. The van der Waals surface area contributed by atoms with E-state index in [9.17, 15) is 9.59 Å². The van der Waals surface area contributed by atoms with Crippen LogP contribution >= 0.6 is 11.8 Å². The molecule has 88 valence electrons. The number of amides is 1. The minimum Gasteiger partial charge on any atom is -0.481 e. The topological polar surface area (TPSA) is 66.4 Å². The molecule has 0 unspecified atom stereocenters. The first-order valence-electron chi connectivity index (χ1n) is 5.19. The zero-order chi connectivity index (χ0) is 11.7. The van der Waals surface area contributed by atoms with Crippen molar-refractivity contribution in [3.05, 3.63) is 0 Å². The molecule has 0 aliphatic heterocycles. The van der Waals surface area contributed by atoms with Gasteiger partial charge in [-0.05, 0) is 12.8 Å². The number of thioether (sulfide) groups is 1. The van der Waals surface area contributed by atoms with Crippen molar-refractivity contribution in [2.24, 2.45) is 5.92 Å². The van der Waals surface area contributed by atoms with Crippen molar-refractivity contribution in [2.45, 2.75) is 26.7 Å². The van der Waals surface area contributed by atoms with E-state index in [1.54, 1.807) is 0 Å². The molecule has 2 N–H and O–H groups in total. The molecule has 0 aliphatic rings. The average Bonchev–Trinajstić information content (AvgIpc) is 2.18. The van der Waals surface area contributed by atoms with Crippen LogP contribution in [0.5, 0.6) is 0 Å². The van der Waals surface area contributed by atoms with Crippen LogP contribution in [0.2, 0.25) is 0 Å². The van der Waals surface area contributed by atoms with Crippen molar-refractivity contribution >= 4 is 23.6 Å². The fourth-order valence-corrected chi connectivity index (χ4v) is 1.78. The van der Waals surface area contributed by atoms with Crippen molar-refractivity contribution in [1.29, 1.82) is 0 Å². The Labute approximate surface area is 94.8 Å². The van der Waals surface area contributed by atoms with Gasteiger partial charge >= 0.3 is 5.97 Å². The highest BCUT2D eigenvalue weighted by atomic mass is 32.2. The van der Waals surface area contributed by atoms with Crippen molar-refractivity contribution < 1.29 is 14.7 Å². The van der Waals surface area contributed by atoms with E-state index in [1.807, 2.05) is 13.8 Å². The van der Waals surface area contributed by atoms with E-state index < -0.39 is 5.97 Å². The van der Waals surface area contributed by atoms with Crippen LogP contribution in [0.15, 0.2) is 0 Å². The fraction of sp³-hybridized carbons (Fsp3) is 0.800. The molecule has 0 aromatic heterocycles. The molecule has 0 fully saturated rings. The zero-order valence-corrected chi connectivity index (χ0v) is 10.1. The lowest BCUT2D eigenvalue weighted by atomic mass is 10.0. The van der Waals surface area contributed by atoms with Crippen LogP contribution in [0.25, 0.3) is 0 Å². The summed E-state index contributed by atoms with van der Waals surface area (Å²) >= 11 is 1.32. The van der Waals surface area contributed by atoms with Crippen LogP contribution in [-0.4, -0.2) is 35.0 Å². The van der Waals surface area contributed by atoms with E-state index in [-0.39, 0.29) is 17.6 Å². The first-order chi connectivity index (χ1) is 7.11. The van der Waals surface area contributed by atoms with Crippen LogP contribution < -0.4 is 5.32 Å². The second kappa shape index (κ2) is 8.59. The Morgan fingerprint density at radius 1 is 1.33 bits per heavy atom. The predicted molar refractivity (Wildman–Crippen MR) is 62.0 cm³/mol. The van der Waals surface area contributed by atoms with E-state index in [0.29, 0.717) is 12.3 Å². The Morgan fingerprint density at radius 3 is 2.40 bits per heavy atom. The lowest BCUT2D eigenvalue weighted by Crippen LogP contribution is -2.31. The molecule has 0 aliphatic carbocycles. The van der Waals surface area contributed by atoms with Gasteiger partial charge in [0.1, 0.15) is 0 Å². The average molecular weight is 233 g/mol. The molecule has 15 heavy (non-hydrogen) atoms. The van der Waals surface area contributed by atoms with Crippen LogP contribution in [0.4, 0.5) is 0 Å². The molecular formula is C10H19NO3S. The number of carbonyl (C=O) groups excluding carboxylic acids is 1. The van der Waals surface area contributed by atoms with Crippen molar-refractivity contribution in [2.75, 3.05) is 18.1 Å². The Balaban J connectivity index is 3.50. The molecule has 0 rings (SSSR count). The Bertz CT molecular complexity index is 205. The summed E-state index contributed by atoms with van der Waals surface area (Å²) in [6, 6.07) is 0. The summed E-state index contributed by atoms with van der Waals surface area (Å²) in [5.41, 5.74) is 0. The molecule has 0 bridgehead atoms. The maximum absolute atomic E-state index is 11.5. The number of aliphatic carboxylic acids is 1. The van der Waals surface area contributed by atoms with Gasteiger partial charge in [0.25, 0.3) is 0 Å². The number of carboxylic acids is 1. The summed E-state index contributed by atoms with van der Waals surface area (Å²) in [5, 5.41) is 11.2. The van der Waals surface area contributed by atoms with Gasteiger partial charge in [0, 0.05) is 18.2 Å². The molecule has 0 aromatic rings. The third kappa shape index (κ3) is 7.25. The van der Waals surface area contributed by atoms with Crippen molar-refractivity contribution in [3.8, 4) is 0 Å². The first kappa shape index (κ1) is 14.3. The van der Waals surface area contributed by atoms with E-state index in [4.69, 9.17) is 5.11 Å². The highest BCUT2D eigenvalue weighted by molar-refractivity contribution is 7.99. The standard InChI is InChI=1S/C10H19NO3S/c1-3-8(4-2)10(14)11-5-6-15-7-9(12)13/h8H,3-7H2,1-2H3,(H,11,14)(H,12,13).